The van der Waals surface area contributed by atoms with Gasteiger partial charge in [0, 0.05) is 39.8 Å². The van der Waals surface area contributed by atoms with E-state index in [2.05, 4.69) is 63.9 Å². The Morgan fingerprint density at radius 2 is 1.80 bits per heavy atom. The van der Waals surface area contributed by atoms with Crippen LogP contribution < -0.4 is 11.1 Å². The Kier molecular flexibility index (Phi) is 8.57. The van der Waals surface area contributed by atoms with Crippen LogP contribution in [0, 0.1) is 23.0 Å². The third-order valence-electron chi connectivity index (χ3n) is 9.20. The van der Waals surface area contributed by atoms with E-state index >= 15 is 0 Å². The number of fused-ring (bicyclic) bond motifs is 1. The molecule has 0 unspecified atom stereocenters. The van der Waals surface area contributed by atoms with Gasteiger partial charge in [-0.2, -0.15) is 5.10 Å². The minimum atomic E-state index is -0.906. The van der Waals surface area contributed by atoms with Gasteiger partial charge in [-0.25, -0.2) is 13.8 Å². The second-order valence-corrected chi connectivity index (χ2v) is 13.9. The molecule has 8 nitrogen and oxygen atoms in total. The molecular weight excluding hydrogens is 572 g/mol. The molecule has 0 spiro atoms. The predicted octanol–water partition coefficient (Wildman–Crippen LogP) is 6.78. The van der Waals surface area contributed by atoms with E-state index in [0.29, 0.717) is 45.7 Å². The molecule has 0 aliphatic carbocycles. The molecule has 2 aromatic heterocycles. The van der Waals surface area contributed by atoms with Crippen LogP contribution in [0.5, 0.6) is 0 Å². The van der Waals surface area contributed by atoms with Crippen LogP contribution >= 0.6 is 0 Å². The van der Waals surface area contributed by atoms with Crippen molar-refractivity contribution in [2.24, 2.45) is 11.7 Å². The van der Waals surface area contributed by atoms with Gasteiger partial charge in [-0.3, -0.25) is 14.4 Å². The van der Waals surface area contributed by atoms with Gasteiger partial charge in [0.1, 0.15) is 5.82 Å². The molecule has 3 heterocycles. The Bertz CT molecular complexity index is 1760. The van der Waals surface area contributed by atoms with Crippen LogP contribution in [0.25, 0.3) is 22.0 Å². The number of rotatable bonds is 9. The van der Waals surface area contributed by atoms with Crippen LogP contribution in [0.2, 0.25) is 0 Å². The number of amides is 1. The van der Waals surface area contributed by atoms with Crippen LogP contribution in [-0.4, -0.2) is 56.0 Å². The van der Waals surface area contributed by atoms with Gasteiger partial charge in [0.25, 0.3) is 5.91 Å². The zero-order valence-electron chi connectivity index (χ0n) is 27.1. The van der Waals surface area contributed by atoms with Gasteiger partial charge in [-0.15, -0.1) is 0 Å². The van der Waals surface area contributed by atoms with Crippen molar-refractivity contribution in [2.75, 3.05) is 12.4 Å². The maximum absolute atomic E-state index is 13.8. The van der Waals surface area contributed by atoms with E-state index in [1.807, 2.05) is 18.2 Å². The van der Waals surface area contributed by atoms with Gasteiger partial charge < -0.3 is 16.5 Å². The number of nitrogens with two attached hydrogens (primary N) is 1. The number of hydrogen-bond donors (Lipinski definition) is 3. The maximum atomic E-state index is 13.8. The number of piperidine rings is 1. The molecule has 1 saturated heterocycles. The third-order valence-corrected chi connectivity index (χ3v) is 9.20. The average molecular weight is 616 g/mol. The summed E-state index contributed by atoms with van der Waals surface area (Å²) in [5.74, 6) is -1.63. The van der Waals surface area contributed by atoms with Crippen LogP contribution in [0.15, 0.2) is 42.6 Å². The summed E-state index contributed by atoms with van der Waals surface area (Å²) in [5.41, 5.74) is 9.96. The number of aromatic nitrogens is 3. The first-order valence-corrected chi connectivity index (χ1v) is 15.4. The predicted molar refractivity (Wildman–Crippen MR) is 176 cm³/mol. The normalized spacial score (nSPS) is 16.8. The molecule has 1 fully saturated rings. The summed E-state index contributed by atoms with van der Waals surface area (Å²) in [6.07, 6.45) is 5.24. The minimum Gasteiger partial charge on any atom is -0.367 e. The van der Waals surface area contributed by atoms with E-state index in [1.54, 1.807) is 10.9 Å². The highest BCUT2D eigenvalue weighted by Gasteiger charge is 2.43. The minimum absolute atomic E-state index is 0.0636. The molecule has 4 aromatic rings. The summed E-state index contributed by atoms with van der Waals surface area (Å²) in [5, 5.41) is 17.5. The van der Waals surface area contributed by atoms with Gasteiger partial charge in [0.2, 0.25) is 0 Å². The van der Waals surface area contributed by atoms with E-state index in [0.717, 1.165) is 29.8 Å². The molecule has 0 atom stereocenters. The van der Waals surface area contributed by atoms with Crippen LogP contribution in [-0.2, 0) is 13.0 Å². The lowest BCUT2D eigenvalue weighted by Gasteiger charge is -2.53. The summed E-state index contributed by atoms with van der Waals surface area (Å²) in [6, 6.07) is 9.58. The van der Waals surface area contributed by atoms with Crippen molar-refractivity contribution < 1.29 is 13.6 Å². The number of halogens is 2. The smallest absolute Gasteiger partial charge is 0.251 e. The lowest BCUT2D eigenvalue weighted by atomic mass is 9.77. The number of hydrogen-bond acceptors (Lipinski definition) is 6. The zero-order valence-corrected chi connectivity index (χ0v) is 27.1. The van der Waals surface area contributed by atoms with Gasteiger partial charge in [0.15, 0.2) is 11.6 Å². The van der Waals surface area contributed by atoms with Crippen LogP contribution in [0.1, 0.15) is 81.6 Å². The molecular formula is C35H43F2N7O. The Labute approximate surface area is 263 Å². The van der Waals surface area contributed by atoms with Crippen molar-refractivity contribution in [3.8, 4) is 11.1 Å². The monoisotopic (exact) mass is 615 g/mol. The summed E-state index contributed by atoms with van der Waals surface area (Å²) >= 11 is 0. The number of nitrogens with one attached hydrogen (secondary N) is 2. The number of carbonyl (C=O) groups excluding carboxylic acids is 1. The largest absolute Gasteiger partial charge is 0.367 e. The standard InChI is InChI=1S/C35H43F2N7O/c1-20(2)12-28-31(32(39)45)30(25(17-38)33(42-28)41-24-15-34(3,4)43(7)35(5,6)16-24)22-9-11-29-23(14-22)18-40-44(29)19-21-8-10-26(36)27(37)13-21/h8-11,13-14,17-18,20,24,38H,12,15-16,19H2,1-7H3,(H2,39,45)(H,41,42). The maximum Gasteiger partial charge on any atom is 0.251 e. The highest BCUT2D eigenvalue weighted by atomic mass is 19.2. The van der Waals surface area contributed by atoms with Crippen molar-refractivity contribution in [1.82, 2.24) is 19.7 Å². The highest BCUT2D eigenvalue weighted by Crippen LogP contribution is 2.40. The second-order valence-electron chi connectivity index (χ2n) is 13.9. The Morgan fingerprint density at radius 1 is 1.11 bits per heavy atom. The fourth-order valence-corrected chi connectivity index (χ4v) is 6.84. The lowest BCUT2D eigenvalue weighted by Crippen LogP contribution is -2.61. The summed E-state index contributed by atoms with van der Waals surface area (Å²) in [6.45, 7) is 13.3. The van der Waals surface area contributed by atoms with Gasteiger partial charge in [0.05, 0.1) is 29.5 Å². The van der Waals surface area contributed by atoms with Crippen molar-refractivity contribution in [3.05, 3.63) is 76.6 Å². The molecule has 2 aromatic carbocycles. The lowest BCUT2D eigenvalue weighted by molar-refractivity contribution is -0.00773. The molecule has 5 rings (SSSR count). The molecule has 1 amide bonds. The van der Waals surface area contributed by atoms with E-state index in [1.165, 1.54) is 18.3 Å². The Balaban J connectivity index is 1.62. The fraction of sp³-hybridized carbons (Fsp3) is 0.429. The number of likely N-dealkylation sites (tertiary alicyclic amines) is 1. The summed E-state index contributed by atoms with van der Waals surface area (Å²) in [4.78, 5) is 20.5. The molecule has 45 heavy (non-hydrogen) atoms. The second kappa shape index (κ2) is 12.0. The van der Waals surface area contributed by atoms with Crippen molar-refractivity contribution >= 4 is 28.8 Å². The van der Waals surface area contributed by atoms with Crippen molar-refractivity contribution in [2.45, 2.75) is 84.5 Å². The number of primary amides is 1. The summed E-state index contributed by atoms with van der Waals surface area (Å²) in [7, 11) is 2.16. The molecule has 1 aliphatic rings. The van der Waals surface area contributed by atoms with E-state index in [4.69, 9.17) is 16.1 Å². The van der Waals surface area contributed by atoms with E-state index < -0.39 is 17.5 Å². The average Bonchev–Trinajstić information content (AvgIpc) is 3.34. The first kappa shape index (κ1) is 32.2. The quantitative estimate of drug-likeness (QED) is 0.180. The highest BCUT2D eigenvalue weighted by molar-refractivity contribution is 6.08. The molecule has 0 radical (unpaired) electrons. The van der Waals surface area contributed by atoms with Gasteiger partial charge in [-0.05, 0) is 95.3 Å². The number of nitrogens with zero attached hydrogens (tertiary/aromatic N) is 4. The van der Waals surface area contributed by atoms with Gasteiger partial charge >= 0.3 is 0 Å². The SMILES string of the molecule is CC(C)Cc1nc(NC2CC(C)(C)N(C)C(C)(C)C2)c(C=N)c(-c2ccc3c(cnn3Cc3ccc(F)c(F)c3)c2)c1C(N)=O. The first-order valence-electron chi connectivity index (χ1n) is 15.4. The topological polar surface area (TPSA) is 113 Å². The van der Waals surface area contributed by atoms with Crippen molar-refractivity contribution in [1.29, 1.82) is 5.41 Å². The molecule has 0 saturated carbocycles. The number of anilines is 1. The number of benzene rings is 2. The Morgan fingerprint density at radius 3 is 2.40 bits per heavy atom. The molecule has 4 N–H and O–H groups in total. The van der Waals surface area contributed by atoms with E-state index in [9.17, 15) is 13.6 Å². The van der Waals surface area contributed by atoms with Crippen LogP contribution in [0.3, 0.4) is 0 Å². The zero-order chi connectivity index (χ0) is 32.8. The van der Waals surface area contributed by atoms with E-state index in [-0.39, 0.29) is 29.6 Å². The summed E-state index contributed by atoms with van der Waals surface area (Å²) < 4.78 is 29.0. The Hall–Kier alpha value is -4.18. The first-order chi connectivity index (χ1) is 21.1. The molecule has 0 bridgehead atoms. The number of pyridine rings is 1. The molecule has 10 heteroatoms. The number of carbonyl (C=O) groups is 1. The molecule has 1 aliphatic heterocycles. The molecule has 238 valence electrons. The van der Waals surface area contributed by atoms with Crippen LogP contribution in [0.4, 0.5) is 14.6 Å². The fourth-order valence-electron chi connectivity index (χ4n) is 6.84. The van der Waals surface area contributed by atoms with Crippen molar-refractivity contribution in [3.63, 3.8) is 0 Å². The third kappa shape index (κ3) is 6.33. The van der Waals surface area contributed by atoms with Gasteiger partial charge in [-0.1, -0.05) is 26.0 Å².